The first kappa shape index (κ1) is 22.9. The zero-order valence-electron chi connectivity index (χ0n) is 18.0. The lowest BCUT2D eigenvalue weighted by Gasteiger charge is -2.29. The number of carbonyl (C=O) groups excluding carboxylic acids is 1. The third-order valence-electron chi connectivity index (χ3n) is 4.95. The number of nitrogens with one attached hydrogen (secondary N) is 1. The normalized spacial score (nSPS) is 12.3. The summed E-state index contributed by atoms with van der Waals surface area (Å²) in [4.78, 5) is 15.0. The standard InChI is InChI=1S/C24H26N2O3S2/c1-17-14-15-20(16-18(17)2)26(31(4,28)29)19(3)24(27)25-22-12-8-9-13-23(22)30-21-10-6-5-7-11-21/h5-16,19H,1-4H3,(H,25,27)/t19-/m0/s1. The second kappa shape index (κ2) is 9.58. The predicted molar refractivity (Wildman–Crippen MR) is 128 cm³/mol. The Bertz CT molecular complexity index is 1180. The Morgan fingerprint density at radius 3 is 2.23 bits per heavy atom. The molecule has 1 atom stereocenters. The van der Waals surface area contributed by atoms with Crippen LogP contribution in [-0.4, -0.2) is 26.6 Å². The summed E-state index contributed by atoms with van der Waals surface area (Å²) in [5.74, 6) is -0.398. The molecule has 1 amide bonds. The van der Waals surface area contributed by atoms with E-state index in [0.717, 1.165) is 27.2 Å². The quantitative estimate of drug-likeness (QED) is 0.530. The number of carbonyl (C=O) groups is 1. The fourth-order valence-electron chi connectivity index (χ4n) is 3.18. The van der Waals surface area contributed by atoms with E-state index in [1.807, 2.05) is 74.5 Å². The van der Waals surface area contributed by atoms with Crippen LogP contribution in [0.1, 0.15) is 18.1 Å². The topological polar surface area (TPSA) is 66.5 Å². The Morgan fingerprint density at radius 2 is 1.58 bits per heavy atom. The fraction of sp³-hybridized carbons (Fsp3) is 0.208. The highest BCUT2D eigenvalue weighted by Gasteiger charge is 2.29. The van der Waals surface area contributed by atoms with Crippen molar-refractivity contribution < 1.29 is 13.2 Å². The van der Waals surface area contributed by atoms with Crippen molar-refractivity contribution in [1.29, 1.82) is 0 Å². The van der Waals surface area contributed by atoms with E-state index in [4.69, 9.17) is 0 Å². The Morgan fingerprint density at radius 1 is 0.935 bits per heavy atom. The number of rotatable bonds is 7. The van der Waals surface area contributed by atoms with Gasteiger partial charge in [0.1, 0.15) is 6.04 Å². The molecule has 31 heavy (non-hydrogen) atoms. The number of anilines is 2. The lowest BCUT2D eigenvalue weighted by Crippen LogP contribution is -2.45. The minimum atomic E-state index is -3.68. The number of amides is 1. The van der Waals surface area contributed by atoms with Gasteiger partial charge in [-0.2, -0.15) is 0 Å². The number of sulfonamides is 1. The van der Waals surface area contributed by atoms with E-state index < -0.39 is 22.0 Å². The van der Waals surface area contributed by atoms with E-state index in [0.29, 0.717) is 11.4 Å². The van der Waals surface area contributed by atoms with Crippen LogP contribution in [0.3, 0.4) is 0 Å². The summed E-state index contributed by atoms with van der Waals surface area (Å²) < 4.78 is 26.3. The smallest absolute Gasteiger partial charge is 0.248 e. The molecular formula is C24H26N2O3S2. The van der Waals surface area contributed by atoms with Crippen LogP contribution in [0.25, 0.3) is 0 Å². The summed E-state index contributed by atoms with van der Waals surface area (Å²) in [5.41, 5.74) is 3.13. The van der Waals surface area contributed by atoms with Gasteiger partial charge in [0.2, 0.25) is 15.9 Å². The van der Waals surface area contributed by atoms with Gasteiger partial charge in [0.15, 0.2) is 0 Å². The molecular weight excluding hydrogens is 428 g/mol. The second-order valence-electron chi connectivity index (χ2n) is 7.40. The van der Waals surface area contributed by atoms with Gasteiger partial charge in [0, 0.05) is 9.79 Å². The maximum atomic E-state index is 13.1. The molecule has 3 aromatic carbocycles. The zero-order valence-corrected chi connectivity index (χ0v) is 19.6. The van der Waals surface area contributed by atoms with Crippen molar-refractivity contribution in [3.05, 3.63) is 83.9 Å². The van der Waals surface area contributed by atoms with E-state index in [2.05, 4.69) is 5.32 Å². The number of nitrogens with zero attached hydrogens (tertiary/aromatic N) is 1. The van der Waals surface area contributed by atoms with Crippen molar-refractivity contribution >= 4 is 39.1 Å². The third kappa shape index (κ3) is 5.68. The van der Waals surface area contributed by atoms with Gasteiger partial charge in [-0.15, -0.1) is 0 Å². The molecule has 0 bridgehead atoms. The molecule has 0 saturated carbocycles. The van der Waals surface area contributed by atoms with Gasteiger partial charge < -0.3 is 5.32 Å². The molecule has 0 radical (unpaired) electrons. The summed E-state index contributed by atoms with van der Waals surface area (Å²) in [7, 11) is -3.68. The monoisotopic (exact) mass is 454 g/mol. The van der Waals surface area contributed by atoms with Gasteiger partial charge in [-0.25, -0.2) is 8.42 Å². The van der Waals surface area contributed by atoms with Crippen LogP contribution in [0.2, 0.25) is 0 Å². The molecule has 0 saturated heterocycles. The number of para-hydroxylation sites is 1. The SMILES string of the molecule is Cc1ccc(N([C@@H](C)C(=O)Nc2ccccc2Sc2ccccc2)S(C)(=O)=O)cc1C. The highest BCUT2D eigenvalue weighted by Crippen LogP contribution is 2.33. The lowest BCUT2D eigenvalue weighted by molar-refractivity contribution is -0.116. The van der Waals surface area contributed by atoms with Gasteiger partial charge in [-0.05, 0) is 68.3 Å². The van der Waals surface area contributed by atoms with Crippen LogP contribution < -0.4 is 9.62 Å². The van der Waals surface area contributed by atoms with Crippen LogP contribution in [0, 0.1) is 13.8 Å². The number of aryl methyl sites for hydroxylation is 2. The van der Waals surface area contributed by atoms with Crippen LogP contribution in [0.5, 0.6) is 0 Å². The van der Waals surface area contributed by atoms with Crippen LogP contribution in [0.15, 0.2) is 82.6 Å². The van der Waals surface area contributed by atoms with E-state index in [-0.39, 0.29) is 0 Å². The fourth-order valence-corrected chi connectivity index (χ4v) is 5.27. The van der Waals surface area contributed by atoms with Crippen molar-refractivity contribution in [3.63, 3.8) is 0 Å². The molecule has 0 fully saturated rings. The average molecular weight is 455 g/mol. The van der Waals surface area contributed by atoms with E-state index >= 15 is 0 Å². The van der Waals surface area contributed by atoms with E-state index in [9.17, 15) is 13.2 Å². The molecule has 0 aliphatic heterocycles. The molecule has 0 aliphatic carbocycles. The summed E-state index contributed by atoms with van der Waals surface area (Å²) in [6, 6.07) is 21.8. The molecule has 162 valence electrons. The van der Waals surface area contributed by atoms with Gasteiger partial charge in [-0.1, -0.05) is 48.2 Å². The van der Waals surface area contributed by atoms with Crippen LogP contribution in [0.4, 0.5) is 11.4 Å². The molecule has 3 aromatic rings. The number of hydrogen-bond acceptors (Lipinski definition) is 4. The first-order valence-electron chi connectivity index (χ1n) is 9.86. The minimum absolute atomic E-state index is 0.398. The predicted octanol–water partition coefficient (Wildman–Crippen LogP) is 5.25. The number of hydrogen-bond donors (Lipinski definition) is 1. The molecule has 0 aliphatic rings. The summed E-state index contributed by atoms with van der Waals surface area (Å²) in [6.45, 7) is 5.47. The van der Waals surface area contributed by atoms with Gasteiger partial charge in [-0.3, -0.25) is 9.10 Å². The maximum absolute atomic E-state index is 13.1. The molecule has 5 nitrogen and oxygen atoms in total. The Kier molecular flexibility index (Phi) is 7.08. The van der Waals surface area contributed by atoms with Gasteiger partial charge in [0.25, 0.3) is 0 Å². The minimum Gasteiger partial charge on any atom is -0.323 e. The largest absolute Gasteiger partial charge is 0.323 e. The molecule has 0 heterocycles. The molecule has 3 rings (SSSR count). The first-order valence-corrected chi connectivity index (χ1v) is 12.5. The van der Waals surface area contributed by atoms with Crippen molar-refractivity contribution in [2.24, 2.45) is 0 Å². The van der Waals surface area contributed by atoms with Crippen molar-refractivity contribution in [1.82, 2.24) is 0 Å². The Labute approximate surface area is 188 Å². The highest BCUT2D eigenvalue weighted by atomic mass is 32.2. The molecule has 0 spiro atoms. The van der Waals surface area contributed by atoms with Crippen molar-refractivity contribution in [3.8, 4) is 0 Å². The van der Waals surface area contributed by atoms with Crippen LogP contribution in [-0.2, 0) is 14.8 Å². The van der Waals surface area contributed by atoms with E-state index in [1.165, 1.54) is 16.1 Å². The average Bonchev–Trinajstić information content (AvgIpc) is 2.72. The molecule has 7 heteroatoms. The molecule has 1 N–H and O–H groups in total. The van der Waals surface area contributed by atoms with Gasteiger partial charge >= 0.3 is 0 Å². The second-order valence-corrected chi connectivity index (χ2v) is 10.4. The van der Waals surface area contributed by atoms with Crippen molar-refractivity contribution in [2.45, 2.75) is 36.6 Å². The van der Waals surface area contributed by atoms with E-state index in [1.54, 1.807) is 19.1 Å². The van der Waals surface area contributed by atoms with Crippen molar-refractivity contribution in [2.75, 3.05) is 15.9 Å². The third-order valence-corrected chi connectivity index (χ3v) is 7.27. The summed E-state index contributed by atoms with van der Waals surface area (Å²) >= 11 is 1.54. The highest BCUT2D eigenvalue weighted by molar-refractivity contribution is 7.99. The molecule has 0 aromatic heterocycles. The first-order chi connectivity index (χ1) is 14.7. The lowest BCUT2D eigenvalue weighted by atomic mass is 10.1. The maximum Gasteiger partial charge on any atom is 0.248 e. The van der Waals surface area contributed by atoms with Crippen LogP contribution >= 0.6 is 11.8 Å². The number of benzene rings is 3. The molecule has 0 unspecified atom stereocenters. The Hall–Kier alpha value is -2.77. The summed E-state index contributed by atoms with van der Waals surface area (Å²) in [5, 5.41) is 2.91. The Balaban J connectivity index is 1.87. The van der Waals surface area contributed by atoms with Gasteiger partial charge in [0.05, 0.1) is 17.6 Å². The summed E-state index contributed by atoms with van der Waals surface area (Å²) in [6.07, 6.45) is 1.12. The zero-order chi connectivity index (χ0) is 22.6.